The van der Waals surface area contributed by atoms with Crippen LogP contribution in [0.1, 0.15) is 48.4 Å². The van der Waals surface area contributed by atoms with E-state index in [2.05, 4.69) is 15.6 Å². The third kappa shape index (κ3) is 6.24. The van der Waals surface area contributed by atoms with Crippen molar-refractivity contribution in [1.29, 1.82) is 0 Å². The molecule has 0 spiro atoms. The summed E-state index contributed by atoms with van der Waals surface area (Å²) in [5.41, 5.74) is 2.31. The van der Waals surface area contributed by atoms with Crippen molar-refractivity contribution in [2.45, 2.75) is 39.0 Å². The highest BCUT2D eigenvalue weighted by molar-refractivity contribution is 6.09. The van der Waals surface area contributed by atoms with E-state index in [4.69, 9.17) is 4.74 Å². The molecule has 0 saturated carbocycles. The van der Waals surface area contributed by atoms with Crippen molar-refractivity contribution >= 4 is 34.3 Å². The van der Waals surface area contributed by atoms with E-state index in [0.29, 0.717) is 22.5 Å². The molecule has 3 aromatic carbocycles. The van der Waals surface area contributed by atoms with Crippen molar-refractivity contribution in [3.63, 3.8) is 0 Å². The van der Waals surface area contributed by atoms with Gasteiger partial charge in [0.25, 0.3) is 5.91 Å². The van der Waals surface area contributed by atoms with E-state index in [1.165, 1.54) is 0 Å². The van der Waals surface area contributed by atoms with Gasteiger partial charge in [-0.25, -0.2) is 9.18 Å². The maximum absolute atomic E-state index is 15.5. The number of alkyl halides is 1. The van der Waals surface area contributed by atoms with Gasteiger partial charge in [0.2, 0.25) is 0 Å². The number of benzene rings is 3. The normalized spacial score (nSPS) is 12.1. The van der Waals surface area contributed by atoms with Gasteiger partial charge < -0.3 is 10.1 Å². The Kier molecular flexibility index (Phi) is 7.29. The second-order valence-corrected chi connectivity index (χ2v) is 9.42. The Morgan fingerprint density at radius 2 is 1.69 bits per heavy atom. The monoisotopic (exact) mass is 485 g/mol. The van der Waals surface area contributed by atoms with E-state index in [0.717, 1.165) is 5.39 Å². The average molecular weight is 486 g/mol. The van der Waals surface area contributed by atoms with Gasteiger partial charge >= 0.3 is 6.09 Å². The Balaban J connectivity index is 1.50. The van der Waals surface area contributed by atoms with Crippen LogP contribution < -0.4 is 10.6 Å². The molecular weight excluding hydrogens is 457 g/mol. The topological polar surface area (TPSA) is 80.3 Å². The number of halogens is 1. The maximum atomic E-state index is 15.5. The second-order valence-electron chi connectivity index (χ2n) is 9.42. The first kappa shape index (κ1) is 24.9. The van der Waals surface area contributed by atoms with Crippen molar-refractivity contribution in [2.24, 2.45) is 0 Å². The quantitative estimate of drug-likeness (QED) is 0.306. The molecule has 0 radical (unpaired) electrons. The first-order chi connectivity index (χ1) is 17.2. The molecule has 0 aliphatic carbocycles. The lowest BCUT2D eigenvalue weighted by molar-refractivity contribution is 0.0635. The lowest BCUT2D eigenvalue weighted by Gasteiger charge is -2.20. The number of anilines is 2. The summed E-state index contributed by atoms with van der Waals surface area (Å²) in [4.78, 5) is 29.6. The number of nitrogens with one attached hydrogen (secondary N) is 2. The van der Waals surface area contributed by atoms with Crippen LogP contribution >= 0.6 is 0 Å². The zero-order valence-corrected chi connectivity index (χ0v) is 20.4. The number of pyridine rings is 1. The smallest absolute Gasteiger partial charge is 0.412 e. The SMILES string of the molecule is CC(C)(C)OC(=O)Nc1cccc(CC(F)c2ccccc2C(=O)Nc2cccc3cccnc23)c1. The number of carbonyl (C=O) groups excluding carboxylic acids is 2. The summed E-state index contributed by atoms with van der Waals surface area (Å²) < 4.78 is 20.8. The molecule has 184 valence electrons. The largest absolute Gasteiger partial charge is 0.444 e. The number of rotatable bonds is 6. The van der Waals surface area contributed by atoms with E-state index >= 15 is 4.39 Å². The van der Waals surface area contributed by atoms with Gasteiger partial charge in [0.05, 0.1) is 11.2 Å². The summed E-state index contributed by atoms with van der Waals surface area (Å²) in [5.74, 6) is -0.410. The third-order valence-electron chi connectivity index (χ3n) is 5.41. The molecule has 1 atom stereocenters. The first-order valence-electron chi connectivity index (χ1n) is 11.7. The summed E-state index contributed by atoms with van der Waals surface area (Å²) in [6.45, 7) is 5.34. The molecule has 6 nitrogen and oxygen atoms in total. The maximum Gasteiger partial charge on any atom is 0.412 e. The number of fused-ring (bicyclic) bond motifs is 1. The lowest BCUT2D eigenvalue weighted by Crippen LogP contribution is -2.27. The van der Waals surface area contributed by atoms with Crippen LogP contribution in [-0.4, -0.2) is 22.6 Å². The number of hydrogen-bond acceptors (Lipinski definition) is 4. The minimum Gasteiger partial charge on any atom is -0.444 e. The van der Waals surface area contributed by atoms with Gasteiger partial charge in [-0.15, -0.1) is 0 Å². The fraction of sp³-hybridized carbons (Fsp3) is 0.207. The summed E-state index contributed by atoms with van der Waals surface area (Å²) in [7, 11) is 0. The average Bonchev–Trinajstić information content (AvgIpc) is 2.83. The van der Waals surface area contributed by atoms with Gasteiger partial charge in [0, 0.05) is 29.3 Å². The Labute approximate surface area is 209 Å². The number of nitrogens with zero attached hydrogens (tertiary/aromatic N) is 1. The van der Waals surface area contributed by atoms with E-state index in [-0.39, 0.29) is 17.5 Å². The van der Waals surface area contributed by atoms with Gasteiger partial charge in [0.15, 0.2) is 0 Å². The number of ether oxygens (including phenoxy) is 1. The molecule has 2 amide bonds. The first-order valence-corrected chi connectivity index (χ1v) is 11.7. The van der Waals surface area contributed by atoms with Crippen LogP contribution in [0.15, 0.2) is 85.1 Å². The fourth-order valence-electron chi connectivity index (χ4n) is 3.89. The van der Waals surface area contributed by atoms with Crippen LogP contribution in [0.3, 0.4) is 0 Å². The minimum atomic E-state index is -1.44. The second kappa shape index (κ2) is 10.6. The molecule has 36 heavy (non-hydrogen) atoms. The van der Waals surface area contributed by atoms with E-state index in [9.17, 15) is 9.59 Å². The zero-order chi connectivity index (χ0) is 25.7. The number of carbonyl (C=O) groups is 2. The summed E-state index contributed by atoms with van der Waals surface area (Å²) >= 11 is 0. The Bertz CT molecular complexity index is 1390. The Morgan fingerprint density at radius 3 is 2.50 bits per heavy atom. The highest BCUT2D eigenvalue weighted by atomic mass is 19.1. The van der Waals surface area contributed by atoms with Gasteiger partial charge in [-0.2, -0.15) is 0 Å². The molecular formula is C29H28FN3O3. The molecule has 4 rings (SSSR count). The summed E-state index contributed by atoms with van der Waals surface area (Å²) in [6, 6.07) is 22.8. The van der Waals surface area contributed by atoms with Crippen molar-refractivity contribution in [3.8, 4) is 0 Å². The van der Waals surface area contributed by atoms with Gasteiger partial charge in [-0.05, 0) is 62.2 Å². The van der Waals surface area contributed by atoms with E-state index in [1.807, 2.05) is 24.3 Å². The van der Waals surface area contributed by atoms with Crippen molar-refractivity contribution in [3.05, 3.63) is 102 Å². The predicted molar refractivity (Wildman–Crippen MR) is 140 cm³/mol. The third-order valence-corrected chi connectivity index (χ3v) is 5.41. The molecule has 1 aromatic heterocycles. The molecule has 0 saturated heterocycles. The Morgan fingerprint density at radius 1 is 0.944 bits per heavy atom. The molecule has 4 aromatic rings. The lowest BCUT2D eigenvalue weighted by atomic mass is 9.97. The molecule has 0 bridgehead atoms. The van der Waals surface area contributed by atoms with Crippen molar-refractivity contribution < 1.29 is 18.7 Å². The molecule has 1 unspecified atom stereocenters. The van der Waals surface area contributed by atoms with E-state index in [1.54, 1.807) is 81.6 Å². The standard InChI is InChI=1S/C29H28FN3O3/c1-29(2,3)36-28(35)32-21-12-6-9-19(17-21)18-24(30)22-13-4-5-14-23(22)27(34)33-25-15-7-10-20-11-8-16-31-26(20)25/h4-17,24H,18H2,1-3H3,(H,32,35)(H,33,34). The number of aromatic nitrogens is 1. The highest BCUT2D eigenvalue weighted by Gasteiger charge is 2.21. The van der Waals surface area contributed by atoms with Gasteiger partial charge in [-0.3, -0.25) is 15.1 Å². The van der Waals surface area contributed by atoms with Gasteiger partial charge in [-0.1, -0.05) is 48.5 Å². The molecule has 0 aliphatic heterocycles. The molecule has 0 aliphatic rings. The fourth-order valence-corrected chi connectivity index (χ4v) is 3.89. The highest BCUT2D eigenvalue weighted by Crippen LogP contribution is 2.28. The van der Waals surface area contributed by atoms with E-state index < -0.39 is 23.8 Å². The zero-order valence-electron chi connectivity index (χ0n) is 20.4. The van der Waals surface area contributed by atoms with Crippen molar-refractivity contribution in [1.82, 2.24) is 4.98 Å². The molecule has 0 fully saturated rings. The molecule has 1 heterocycles. The summed E-state index contributed by atoms with van der Waals surface area (Å²) in [5, 5.41) is 6.45. The molecule has 2 N–H and O–H groups in total. The van der Waals surface area contributed by atoms with Crippen molar-refractivity contribution in [2.75, 3.05) is 10.6 Å². The summed E-state index contributed by atoms with van der Waals surface area (Å²) in [6.07, 6.45) is -0.324. The Hall–Kier alpha value is -4.26. The van der Waals surface area contributed by atoms with Crippen LogP contribution in [0, 0.1) is 0 Å². The number of para-hydroxylation sites is 1. The van der Waals surface area contributed by atoms with Crippen LogP contribution in [0.25, 0.3) is 10.9 Å². The number of amides is 2. The van der Waals surface area contributed by atoms with Crippen LogP contribution in [0.4, 0.5) is 20.6 Å². The van der Waals surface area contributed by atoms with Crippen LogP contribution in [-0.2, 0) is 11.2 Å². The molecule has 7 heteroatoms. The number of hydrogen-bond donors (Lipinski definition) is 2. The van der Waals surface area contributed by atoms with Crippen LogP contribution in [0.2, 0.25) is 0 Å². The van der Waals surface area contributed by atoms with Gasteiger partial charge in [0.1, 0.15) is 11.8 Å². The van der Waals surface area contributed by atoms with Crippen LogP contribution in [0.5, 0.6) is 0 Å². The minimum absolute atomic E-state index is 0.0317. The predicted octanol–water partition coefficient (Wildman–Crippen LogP) is 7.09.